The highest BCUT2D eigenvalue weighted by Crippen LogP contribution is 2.23. The molecule has 1 unspecified atom stereocenters. The van der Waals surface area contributed by atoms with E-state index in [1.54, 1.807) is 0 Å². The van der Waals surface area contributed by atoms with E-state index in [-0.39, 0.29) is 29.8 Å². The molecule has 2 N–H and O–H groups in total. The zero-order valence-corrected chi connectivity index (χ0v) is 16.5. The van der Waals surface area contributed by atoms with Gasteiger partial charge in [-0.1, -0.05) is 34.1 Å². The molecule has 26 heavy (non-hydrogen) atoms. The number of hydrogen-bond acceptors (Lipinski definition) is 4. The van der Waals surface area contributed by atoms with E-state index >= 15 is 0 Å². The Morgan fingerprint density at radius 1 is 1.19 bits per heavy atom. The Hall–Kier alpha value is -2.21. The Bertz CT molecular complexity index is 921. The topological polar surface area (TPSA) is 99.1 Å². The lowest BCUT2D eigenvalue weighted by Gasteiger charge is -2.16. The standard InChI is InChI=1S/C18H18BrN3O3S/c1-13(16-5-2-3-6-17(16)19)22-18(23)14-7-9-15(10-8-14)26(24,25)21-12-4-11-20/h2-3,5-10,13,21H,4,12H2,1H3,(H,22,23). The molecule has 0 saturated heterocycles. The van der Waals surface area contributed by atoms with Crippen molar-refractivity contribution in [2.24, 2.45) is 0 Å². The molecule has 2 aromatic rings. The van der Waals surface area contributed by atoms with Crippen LogP contribution in [0.15, 0.2) is 57.9 Å². The van der Waals surface area contributed by atoms with Crippen LogP contribution in [0.2, 0.25) is 0 Å². The predicted octanol–water partition coefficient (Wildman–Crippen LogP) is 3.13. The van der Waals surface area contributed by atoms with Gasteiger partial charge in [0.25, 0.3) is 5.91 Å². The van der Waals surface area contributed by atoms with Gasteiger partial charge in [0.2, 0.25) is 10.0 Å². The van der Waals surface area contributed by atoms with Crippen molar-refractivity contribution in [1.82, 2.24) is 10.0 Å². The number of hydrogen-bond donors (Lipinski definition) is 2. The number of benzene rings is 2. The quantitative estimate of drug-likeness (QED) is 0.652. The van der Waals surface area contributed by atoms with Gasteiger partial charge in [-0.3, -0.25) is 4.79 Å². The van der Waals surface area contributed by atoms with Gasteiger partial charge in [-0.05, 0) is 42.8 Å². The number of rotatable bonds is 7. The van der Waals surface area contributed by atoms with Crippen LogP contribution in [-0.2, 0) is 10.0 Å². The van der Waals surface area contributed by atoms with Crippen molar-refractivity contribution in [2.75, 3.05) is 6.54 Å². The molecule has 2 aromatic carbocycles. The van der Waals surface area contributed by atoms with Gasteiger partial charge in [0.05, 0.1) is 17.0 Å². The van der Waals surface area contributed by atoms with Crippen LogP contribution < -0.4 is 10.0 Å². The number of carbonyl (C=O) groups is 1. The van der Waals surface area contributed by atoms with Gasteiger partial charge in [-0.25, -0.2) is 13.1 Å². The van der Waals surface area contributed by atoms with Gasteiger partial charge in [0, 0.05) is 23.0 Å². The molecule has 6 nitrogen and oxygen atoms in total. The van der Waals surface area contributed by atoms with E-state index in [0.29, 0.717) is 5.56 Å². The molecule has 1 atom stereocenters. The van der Waals surface area contributed by atoms with E-state index in [9.17, 15) is 13.2 Å². The molecule has 0 saturated carbocycles. The molecule has 136 valence electrons. The maximum Gasteiger partial charge on any atom is 0.251 e. The van der Waals surface area contributed by atoms with E-state index in [2.05, 4.69) is 26.0 Å². The average molecular weight is 436 g/mol. The van der Waals surface area contributed by atoms with Crippen molar-refractivity contribution in [2.45, 2.75) is 24.3 Å². The molecule has 0 aliphatic heterocycles. The summed E-state index contributed by atoms with van der Waals surface area (Å²) in [6.45, 7) is 1.92. The summed E-state index contributed by atoms with van der Waals surface area (Å²) in [7, 11) is -3.69. The average Bonchev–Trinajstić information content (AvgIpc) is 2.62. The second-order valence-corrected chi connectivity index (χ2v) is 8.17. The van der Waals surface area contributed by atoms with E-state index in [0.717, 1.165) is 10.0 Å². The van der Waals surface area contributed by atoms with Crippen LogP contribution >= 0.6 is 15.9 Å². The number of carbonyl (C=O) groups excluding carboxylic acids is 1. The van der Waals surface area contributed by atoms with Crippen molar-refractivity contribution in [1.29, 1.82) is 5.26 Å². The van der Waals surface area contributed by atoms with Crippen LogP contribution in [0.5, 0.6) is 0 Å². The van der Waals surface area contributed by atoms with E-state index in [1.165, 1.54) is 24.3 Å². The Morgan fingerprint density at radius 3 is 2.46 bits per heavy atom. The molecule has 1 amide bonds. The number of halogens is 1. The maximum atomic E-state index is 12.4. The minimum atomic E-state index is -3.69. The molecule has 8 heteroatoms. The number of sulfonamides is 1. The highest BCUT2D eigenvalue weighted by molar-refractivity contribution is 9.10. The summed E-state index contributed by atoms with van der Waals surface area (Å²) in [5.74, 6) is -0.297. The van der Waals surface area contributed by atoms with E-state index in [4.69, 9.17) is 5.26 Å². The van der Waals surface area contributed by atoms with Gasteiger partial charge in [-0.2, -0.15) is 5.26 Å². The summed E-state index contributed by atoms with van der Waals surface area (Å²) in [6, 6.07) is 14.9. The monoisotopic (exact) mass is 435 g/mol. The summed E-state index contributed by atoms with van der Waals surface area (Å²) < 4.78 is 27.4. The van der Waals surface area contributed by atoms with Gasteiger partial charge >= 0.3 is 0 Å². The summed E-state index contributed by atoms with van der Waals surface area (Å²) in [4.78, 5) is 12.4. The van der Waals surface area contributed by atoms with Crippen molar-refractivity contribution >= 4 is 31.9 Å². The first-order chi connectivity index (χ1) is 12.3. The molecule has 0 radical (unpaired) electrons. The summed E-state index contributed by atoms with van der Waals surface area (Å²) >= 11 is 3.46. The first-order valence-corrected chi connectivity index (χ1v) is 10.1. The molecular formula is C18H18BrN3O3S. The Labute approximate surface area is 161 Å². The van der Waals surface area contributed by atoms with Gasteiger partial charge in [0.15, 0.2) is 0 Å². The minimum absolute atomic E-state index is 0.0462. The van der Waals surface area contributed by atoms with Crippen LogP contribution in [0.3, 0.4) is 0 Å². The minimum Gasteiger partial charge on any atom is -0.345 e. The van der Waals surface area contributed by atoms with Gasteiger partial charge in [0.1, 0.15) is 0 Å². The third-order valence-corrected chi connectivity index (χ3v) is 5.87. The molecule has 0 aliphatic rings. The lowest BCUT2D eigenvalue weighted by Crippen LogP contribution is -2.27. The number of amides is 1. The molecule has 0 aromatic heterocycles. The Balaban J connectivity index is 2.07. The first-order valence-electron chi connectivity index (χ1n) is 7.87. The van der Waals surface area contributed by atoms with Crippen molar-refractivity contribution < 1.29 is 13.2 Å². The fraction of sp³-hybridized carbons (Fsp3) is 0.222. The fourth-order valence-corrected chi connectivity index (χ4v) is 3.95. The Kier molecular flexibility index (Phi) is 6.91. The zero-order chi connectivity index (χ0) is 19.2. The second kappa shape index (κ2) is 8.94. The number of nitrogens with one attached hydrogen (secondary N) is 2. The highest BCUT2D eigenvalue weighted by Gasteiger charge is 2.16. The predicted molar refractivity (Wildman–Crippen MR) is 102 cm³/mol. The molecule has 0 aliphatic carbocycles. The lowest BCUT2D eigenvalue weighted by molar-refractivity contribution is 0.0939. The summed E-state index contributed by atoms with van der Waals surface area (Å²) in [5.41, 5.74) is 1.31. The number of nitriles is 1. The van der Waals surface area contributed by atoms with Crippen molar-refractivity contribution in [3.8, 4) is 6.07 Å². The fourth-order valence-electron chi connectivity index (χ4n) is 2.29. The summed E-state index contributed by atoms with van der Waals surface area (Å²) in [5, 5.41) is 11.4. The largest absolute Gasteiger partial charge is 0.345 e. The van der Waals surface area contributed by atoms with Crippen LogP contribution in [0, 0.1) is 11.3 Å². The molecular weight excluding hydrogens is 418 g/mol. The normalized spacial score (nSPS) is 12.2. The lowest BCUT2D eigenvalue weighted by atomic mass is 10.1. The van der Waals surface area contributed by atoms with Crippen LogP contribution in [0.4, 0.5) is 0 Å². The smallest absolute Gasteiger partial charge is 0.251 e. The van der Waals surface area contributed by atoms with Crippen LogP contribution in [0.1, 0.15) is 35.3 Å². The van der Waals surface area contributed by atoms with Crippen LogP contribution in [0.25, 0.3) is 0 Å². The molecule has 0 heterocycles. The van der Waals surface area contributed by atoms with E-state index in [1.807, 2.05) is 37.3 Å². The summed E-state index contributed by atoms with van der Waals surface area (Å²) in [6.07, 6.45) is 0.0899. The first kappa shape index (κ1) is 20.1. The van der Waals surface area contributed by atoms with Crippen molar-refractivity contribution in [3.63, 3.8) is 0 Å². The molecule has 2 rings (SSSR count). The second-order valence-electron chi connectivity index (χ2n) is 5.55. The third kappa shape index (κ3) is 5.14. The van der Waals surface area contributed by atoms with Gasteiger partial charge in [-0.15, -0.1) is 0 Å². The zero-order valence-electron chi connectivity index (χ0n) is 14.1. The van der Waals surface area contributed by atoms with Gasteiger partial charge < -0.3 is 5.32 Å². The number of nitrogens with zero attached hydrogens (tertiary/aromatic N) is 1. The molecule has 0 bridgehead atoms. The molecule has 0 spiro atoms. The van der Waals surface area contributed by atoms with Crippen molar-refractivity contribution in [3.05, 3.63) is 64.1 Å². The SMILES string of the molecule is CC(NC(=O)c1ccc(S(=O)(=O)NCCC#N)cc1)c1ccccc1Br. The highest BCUT2D eigenvalue weighted by atomic mass is 79.9. The third-order valence-electron chi connectivity index (χ3n) is 3.68. The molecule has 0 fully saturated rings. The Morgan fingerprint density at radius 2 is 1.85 bits per heavy atom. The maximum absolute atomic E-state index is 12.4. The van der Waals surface area contributed by atoms with E-state index < -0.39 is 10.0 Å². The van der Waals surface area contributed by atoms with Crippen LogP contribution in [-0.4, -0.2) is 20.9 Å².